The maximum Gasteiger partial charge on any atom is 0.100 e. The second kappa shape index (κ2) is 6.49. The van der Waals surface area contributed by atoms with E-state index in [-0.39, 0.29) is 0 Å². The molecule has 3 aliphatic rings. The van der Waals surface area contributed by atoms with Crippen molar-refractivity contribution < 1.29 is 0 Å². The van der Waals surface area contributed by atoms with Crippen molar-refractivity contribution in [3.63, 3.8) is 0 Å². The van der Waals surface area contributed by atoms with Crippen molar-refractivity contribution in [2.75, 3.05) is 0 Å². The Bertz CT molecular complexity index is 305. The van der Waals surface area contributed by atoms with Gasteiger partial charge in [0.2, 0.25) is 0 Å². The quantitative estimate of drug-likeness (QED) is 0.482. The number of unbranched alkanes of at least 4 members (excludes halogenated alkanes) is 2. The van der Waals surface area contributed by atoms with E-state index in [1.54, 1.807) is 6.42 Å². The molecule has 0 aromatic rings. The van der Waals surface area contributed by atoms with Crippen LogP contribution in [0.4, 0.5) is 0 Å². The minimum atomic E-state index is 0.527. The molecule has 3 rings (SSSR count). The molecule has 2 unspecified atom stereocenters. The standard InChI is InChI=1S/C18H36B2/c1-4-6-7-12-17(3,5-2)18(19,20)16-13-14-8-10-15(16)11-9-14/h14-16H,4-13,19-20H2,1-3H3. The molecule has 0 heterocycles. The van der Waals surface area contributed by atoms with Crippen molar-refractivity contribution >= 4 is 15.7 Å². The van der Waals surface area contributed by atoms with Gasteiger partial charge in [-0.05, 0) is 48.9 Å². The molecule has 3 aliphatic carbocycles. The highest BCUT2D eigenvalue weighted by atomic mass is 14.5. The van der Waals surface area contributed by atoms with Gasteiger partial charge in [0.1, 0.15) is 15.7 Å². The topological polar surface area (TPSA) is 0 Å². The van der Waals surface area contributed by atoms with Gasteiger partial charge >= 0.3 is 0 Å². The highest BCUT2D eigenvalue weighted by Gasteiger charge is 2.49. The second-order valence-corrected chi connectivity index (χ2v) is 8.72. The van der Waals surface area contributed by atoms with Crippen LogP contribution in [0.25, 0.3) is 0 Å². The Labute approximate surface area is 129 Å². The Morgan fingerprint density at radius 1 is 1.00 bits per heavy atom. The van der Waals surface area contributed by atoms with E-state index < -0.39 is 0 Å². The zero-order chi connectivity index (χ0) is 14.8. The SMILES string of the molecule is BC(B)(C1CC2CCC1CC2)C(C)(CC)CCCCC. The summed E-state index contributed by atoms with van der Waals surface area (Å²) in [6, 6.07) is 0. The third kappa shape index (κ3) is 3.00. The normalized spacial score (nSPS) is 33.0. The van der Waals surface area contributed by atoms with Crippen LogP contribution in [-0.4, -0.2) is 15.7 Å². The van der Waals surface area contributed by atoms with Crippen molar-refractivity contribution in [1.82, 2.24) is 0 Å². The van der Waals surface area contributed by atoms with E-state index in [0.29, 0.717) is 10.6 Å². The van der Waals surface area contributed by atoms with Crippen LogP contribution in [0.1, 0.15) is 85.0 Å². The minimum absolute atomic E-state index is 0.527. The van der Waals surface area contributed by atoms with Crippen molar-refractivity contribution in [1.29, 1.82) is 0 Å². The van der Waals surface area contributed by atoms with Gasteiger partial charge in [0.25, 0.3) is 0 Å². The van der Waals surface area contributed by atoms with Gasteiger partial charge in [0.15, 0.2) is 0 Å². The molecule has 0 nitrogen and oxygen atoms in total. The van der Waals surface area contributed by atoms with Gasteiger partial charge in [-0.3, -0.25) is 0 Å². The number of hydrogen-bond donors (Lipinski definition) is 0. The molecule has 0 aromatic heterocycles. The molecule has 0 aliphatic heterocycles. The van der Waals surface area contributed by atoms with E-state index in [9.17, 15) is 0 Å². The summed E-state index contributed by atoms with van der Waals surface area (Å²) in [5.74, 6) is 3.12. The van der Waals surface area contributed by atoms with Crippen LogP contribution in [0.3, 0.4) is 0 Å². The van der Waals surface area contributed by atoms with E-state index in [4.69, 9.17) is 0 Å². The van der Waals surface area contributed by atoms with Crippen molar-refractivity contribution in [3.05, 3.63) is 0 Å². The number of rotatable bonds is 7. The van der Waals surface area contributed by atoms with E-state index in [1.807, 2.05) is 0 Å². The molecule has 0 saturated heterocycles. The molecule has 0 amide bonds. The minimum Gasteiger partial charge on any atom is -0.0764 e. The van der Waals surface area contributed by atoms with Gasteiger partial charge in [-0.15, -0.1) is 0 Å². The first kappa shape index (κ1) is 16.5. The Balaban J connectivity index is 2.09. The lowest BCUT2D eigenvalue weighted by molar-refractivity contribution is 0.0401. The molecule has 3 fully saturated rings. The van der Waals surface area contributed by atoms with Crippen LogP contribution in [0.15, 0.2) is 0 Å². The first-order valence-electron chi connectivity index (χ1n) is 9.44. The Morgan fingerprint density at radius 3 is 2.10 bits per heavy atom. The van der Waals surface area contributed by atoms with Crippen LogP contribution >= 0.6 is 0 Å². The second-order valence-electron chi connectivity index (χ2n) is 8.72. The largest absolute Gasteiger partial charge is 0.100 e. The summed E-state index contributed by atoms with van der Waals surface area (Å²) in [5.41, 5.74) is 0.546. The van der Waals surface area contributed by atoms with E-state index >= 15 is 0 Å². The molecule has 20 heavy (non-hydrogen) atoms. The lowest BCUT2D eigenvalue weighted by Crippen LogP contribution is -2.47. The van der Waals surface area contributed by atoms with Crippen molar-refractivity contribution in [3.8, 4) is 0 Å². The lowest BCUT2D eigenvalue weighted by atomic mass is 9.33. The molecule has 0 aromatic carbocycles. The highest BCUT2D eigenvalue weighted by molar-refractivity contribution is 6.40. The van der Waals surface area contributed by atoms with Crippen LogP contribution in [-0.2, 0) is 0 Å². The van der Waals surface area contributed by atoms with Gasteiger partial charge < -0.3 is 0 Å². The molecular formula is C18H36B2. The first-order chi connectivity index (χ1) is 9.44. The average molecular weight is 274 g/mol. The number of fused-ring (bicyclic) bond motifs is 3. The molecule has 114 valence electrons. The summed E-state index contributed by atoms with van der Waals surface area (Å²) in [7, 11) is 5.24. The van der Waals surface area contributed by atoms with Crippen LogP contribution in [0.5, 0.6) is 0 Å². The molecule has 0 N–H and O–H groups in total. The summed E-state index contributed by atoms with van der Waals surface area (Å²) in [5, 5.41) is 0.527. The van der Waals surface area contributed by atoms with E-state index in [0.717, 1.165) is 17.8 Å². The molecule has 0 radical (unpaired) electrons. The smallest absolute Gasteiger partial charge is 0.0764 e. The molecular weight excluding hydrogens is 238 g/mol. The van der Waals surface area contributed by atoms with E-state index in [2.05, 4.69) is 36.5 Å². The van der Waals surface area contributed by atoms with Crippen molar-refractivity contribution in [2.45, 2.75) is 90.2 Å². The zero-order valence-electron chi connectivity index (χ0n) is 14.8. The molecule has 2 heteroatoms. The monoisotopic (exact) mass is 274 g/mol. The summed E-state index contributed by atoms with van der Waals surface area (Å²) in [6.07, 6.45) is 14.7. The maximum atomic E-state index is 2.62. The fourth-order valence-electron chi connectivity index (χ4n) is 5.43. The molecule has 2 atom stereocenters. The Morgan fingerprint density at radius 2 is 1.65 bits per heavy atom. The third-order valence-corrected chi connectivity index (χ3v) is 7.64. The fraction of sp³-hybridized carbons (Fsp3) is 1.00. The van der Waals surface area contributed by atoms with Crippen molar-refractivity contribution in [2.24, 2.45) is 23.2 Å². The first-order valence-corrected chi connectivity index (χ1v) is 9.44. The predicted octanol–water partition coefficient (Wildman–Crippen LogP) is 4.19. The van der Waals surface area contributed by atoms with Crippen LogP contribution in [0, 0.1) is 23.2 Å². The molecule has 3 saturated carbocycles. The predicted molar refractivity (Wildman–Crippen MR) is 95.9 cm³/mol. The Hall–Kier alpha value is 0.130. The van der Waals surface area contributed by atoms with Gasteiger partial charge in [-0.1, -0.05) is 64.5 Å². The zero-order valence-corrected chi connectivity index (χ0v) is 14.8. The summed E-state index contributed by atoms with van der Waals surface area (Å²) in [6.45, 7) is 7.37. The highest BCUT2D eigenvalue weighted by Crippen LogP contribution is 2.60. The lowest BCUT2D eigenvalue weighted by Gasteiger charge is -2.57. The van der Waals surface area contributed by atoms with Gasteiger partial charge in [0, 0.05) is 0 Å². The fourth-order valence-corrected chi connectivity index (χ4v) is 5.43. The molecule has 2 bridgehead atoms. The van der Waals surface area contributed by atoms with Gasteiger partial charge in [0.05, 0.1) is 0 Å². The molecule has 0 spiro atoms. The number of hydrogen-bond acceptors (Lipinski definition) is 0. The Kier molecular flexibility index (Phi) is 5.35. The van der Waals surface area contributed by atoms with Crippen LogP contribution < -0.4 is 0 Å². The average Bonchev–Trinajstić information content (AvgIpc) is 2.48. The third-order valence-electron chi connectivity index (χ3n) is 7.64. The summed E-state index contributed by atoms with van der Waals surface area (Å²) < 4.78 is 0. The summed E-state index contributed by atoms with van der Waals surface area (Å²) in [4.78, 5) is 0. The van der Waals surface area contributed by atoms with Crippen LogP contribution in [0.2, 0.25) is 5.21 Å². The van der Waals surface area contributed by atoms with Gasteiger partial charge in [-0.2, -0.15) is 0 Å². The maximum absolute atomic E-state index is 2.62. The van der Waals surface area contributed by atoms with E-state index in [1.165, 1.54) is 57.8 Å². The summed E-state index contributed by atoms with van der Waals surface area (Å²) >= 11 is 0. The van der Waals surface area contributed by atoms with Gasteiger partial charge in [-0.25, -0.2) is 0 Å².